The lowest BCUT2D eigenvalue weighted by atomic mass is 10.0. The van der Waals surface area contributed by atoms with E-state index in [1.54, 1.807) is 47.6 Å². The molecule has 3 N–H and O–H groups in total. The molecule has 0 atom stereocenters. The number of alkyl halides is 3. The number of amides is 1. The molecule has 13 heteroatoms. The molecule has 0 fully saturated rings. The minimum atomic E-state index is -4.82. The molecule has 0 spiro atoms. The zero-order valence-corrected chi connectivity index (χ0v) is 20.2. The topological polar surface area (TPSA) is 117 Å². The van der Waals surface area contributed by atoms with Gasteiger partial charge in [-0.15, -0.1) is 0 Å². The fourth-order valence-corrected chi connectivity index (χ4v) is 4.29. The van der Waals surface area contributed by atoms with Crippen molar-refractivity contribution in [2.24, 2.45) is 0 Å². The van der Waals surface area contributed by atoms with Crippen LogP contribution in [0.15, 0.2) is 90.0 Å². The lowest BCUT2D eigenvalue weighted by molar-refractivity contribution is -0.141. The van der Waals surface area contributed by atoms with Crippen LogP contribution in [0, 0.1) is 5.82 Å². The number of carbonyl (C=O) groups is 1. The number of halogens is 4. The largest absolute Gasteiger partial charge is 0.435 e. The van der Waals surface area contributed by atoms with Crippen molar-refractivity contribution < 1.29 is 26.9 Å². The van der Waals surface area contributed by atoms with E-state index in [-0.39, 0.29) is 22.8 Å². The van der Waals surface area contributed by atoms with Crippen LogP contribution < -0.4 is 11.1 Å². The molecule has 3 aromatic heterocycles. The highest BCUT2D eigenvalue weighted by atomic mass is 19.4. The van der Waals surface area contributed by atoms with Gasteiger partial charge in [0.15, 0.2) is 17.1 Å². The van der Waals surface area contributed by atoms with E-state index in [0.717, 1.165) is 10.7 Å². The number of carbonyl (C=O) groups excluding carboxylic acids is 1. The minimum Gasteiger partial charge on any atom is -0.380 e. The maximum absolute atomic E-state index is 15.3. The molecule has 9 nitrogen and oxygen atoms in total. The third kappa shape index (κ3) is 4.42. The maximum atomic E-state index is 15.3. The Balaban J connectivity index is 1.34. The number of nitrogens with two attached hydrogens (primary N) is 1. The van der Waals surface area contributed by atoms with Gasteiger partial charge in [-0.2, -0.15) is 18.3 Å². The first-order valence-electron chi connectivity index (χ1n) is 11.7. The number of fused-ring (bicyclic) bond motifs is 1. The van der Waals surface area contributed by atoms with E-state index in [2.05, 4.69) is 20.6 Å². The molecule has 6 rings (SSSR count). The number of hydrogen-bond donors (Lipinski definition) is 2. The number of aromatic nitrogens is 5. The average Bonchev–Trinajstić information content (AvgIpc) is 3.69. The number of nitrogens with zero attached hydrogens (tertiary/aromatic N) is 5. The van der Waals surface area contributed by atoms with Crippen molar-refractivity contribution in [2.75, 3.05) is 11.1 Å². The van der Waals surface area contributed by atoms with Crippen LogP contribution in [0.1, 0.15) is 16.2 Å². The van der Waals surface area contributed by atoms with Gasteiger partial charge in [-0.3, -0.25) is 4.79 Å². The van der Waals surface area contributed by atoms with E-state index >= 15 is 4.39 Å². The summed E-state index contributed by atoms with van der Waals surface area (Å²) in [6.45, 7) is 0. The normalized spacial score (nSPS) is 11.7. The molecule has 3 aromatic carbocycles. The highest BCUT2D eigenvalue weighted by Gasteiger charge is 2.36. The maximum Gasteiger partial charge on any atom is 0.435 e. The third-order valence-corrected chi connectivity index (χ3v) is 6.16. The molecule has 0 radical (unpaired) electrons. The van der Waals surface area contributed by atoms with E-state index in [1.807, 2.05) is 0 Å². The van der Waals surface area contributed by atoms with Gasteiger partial charge in [0.05, 0.1) is 23.1 Å². The molecule has 0 unspecified atom stereocenters. The monoisotopic (exact) mass is 547 g/mol. The highest BCUT2D eigenvalue weighted by molar-refractivity contribution is 6.04. The van der Waals surface area contributed by atoms with E-state index in [9.17, 15) is 18.0 Å². The third-order valence-electron chi connectivity index (χ3n) is 6.16. The summed E-state index contributed by atoms with van der Waals surface area (Å²) in [5.41, 5.74) is 6.02. The first-order valence-corrected chi connectivity index (χ1v) is 11.7. The molecule has 0 bridgehead atoms. The van der Waals surface area contributed by atoms with E-state index in [1.165, 1.54) is 30.3 Å². The zero-order chi connectivity index (χ0) is 28.0. The van der Waals surface area contributed by atoms with Crippen molar-refractivity contribution in [1.29, 1.82) is 0 Å². The SMILES string of the molecule is Nc1noc2ccc(-n3nc(C(F)(F)F)cc3C(=O)Nc3ccc(-c4ccccc4-n4ccnc4)c(F)c3)cc12. The molecule has 1 amide bonds. The Bertz CT molecular complexity index is 1870. The van der Waals surface area contributed by atoms with Crippen molar-refractivity contribution >= 4 is 28.4 Å². The smallest absolute Gasteiger partial charge is 0.380 e. The number of benzene rings is 3. The minimum absolute atomic E-state index is 0.0243. The lowest BCUT2D eigenvalue weighted by Crippen LogP contribution is -2.17. The molecule has 40 heavy (non-hydrogen) atoms. The van der Waals surface area contributed by atoms with Gasteiger partial charge in [-0.1, -0.05) is 23.4 Å². The van der Waals surface area contributed by atoms with Crippen molar-refractivity contribution in [3.05, 3.63) is 103 Å². The van der Waals surface area contributed by atoms with Crippen LogP contribution in [0.4, 0.5) is 29.1 Å². The molecular weight excluding hydrogens is 530 g/mol. The van der Waals surface area contributed by atoms with Gasteiger partial charge < -0.3 is 20.1 Å². The molecule has 6 aromatic rings. The first-order chi connectivity index (χ1) is 19.2. The van der Waals surface area contributed by atoms with Crippen LogP contribution >= 0.6 is 0 Å². The Morgan fingerprint density at radius 3 is 2.58 bits per heavy atom. The lowest BCUT2D eigenvalue weighted by Gasteiger charge is -2.13. The van der Waals surface area contributed by atoms with Crippen molar-refractivity contribution in [2.45, 2.75) is 6.18 Å². The zero-order valence-electron chi connectivity index (χ0n) is 20.2. The summed E-state index contributed by atoms with van der Waals surface area (Å²) in [5, 5.41) is 10.0. The first kappa shape index (κ1) is 24.9. The van der Waals surface area contributed by atoms with E-state index in [0.29, 0.717) is 28.3 Å². The molecule has 3 heterocycles. The summed E-state index contributed by atoms with van der Waals surface area (Å²) in [4.78, 5) is 17.2. The quantitative estimate of drug-likeness (QED) is 0.261. The summed E-state index contributed by atoms with van der Waals surface area (Å²) in [6.07, 6.45) is 0.0778. The number of rotatable bonds is 5. The van der Waals surface area contributed by atoms with Gasteiger partial charge in [0.2, 0.25) is 0 Å². The van der Waals surface area contributed by atoms with Crippen molar-refractivity contribution in [3.8, 4) is 22.5 Å². The fourth-order valence-electron chi connectivity index (χ4n) is 4.29. The predicted molar refractivity (Wildman–Crippen MR) is 137 cm³/mol. The molecule has 0 saturated carbocycles. The summed E-state index contributed by atoms with van der Waals surface area (Å²) in [5.74, 6) is -1.56. The Hall–Kier alpha value is -5.46. The Labute approximate surface area is 222 Å². The summed E-state index contributed by atoms with van der Waals surface area (Å²) in [7, 11) is 0. The van der Waals surface area contributed by atoms with Crippen LogP contribution in [0.5, 0.6) is 0 Å². The summed E-state index contributed by atoms with van der Waals surface area (Å²) in [6, 6.07) is 16.0. The molecule has 200 valence electrons. The van der Waals surface area contributed by atoms with E-state index in [4.69, 9.17) is 10.3 Å². The number of para-hydroxylation sites is 1. The van der Waals surface area contributed by atoms with Crippen LogP contribution in [0.3, 0.4) is 0 Å². The summed E-state index contributed by atoms with van der Waals surface area (Å²) >= 11 is 0. The second kappa shape index (κ2) is 9.38. The second-order valence-corrected chi connectivity index (χ2v) is 8.71. The van der Waals surface area contributed by atoms with Crippen molar-refractivity contribution in [1.82, 2.24) is 24.5 Å². The predicted octanol–water partition coefficient (Wildman–Crippen LogP) is 5.86. The average molecular weight is 547 g/mol. The highest BCUT2D eigenvalue weighted by Crippen LogP contribution is 2.33. The van der Waals surface area contributed by atoms with Crippen molar-refractivity contribution in [3.63, 3.8) is 0 Å². The number of anilines is 2. The van der Waals surface area contributed by atoms with Gasteiger partial charge in [0.1, 0.15) is 11.5 Å². The second-order valence-electron chi connectivity index (χ2n) is 8.71. The van der Waals surface area contributed by atoms with Crippen LogP contribution in [0.25, 0.3) is 33.5 Å². The number of imidazole rings is 1. The Kier molecular flexibility index (Phi) is 5.83. The van der Waals surface area contributed by atoms with Gasteiger partial charge in [0, 0.05) is 35.3 Å². The fraction of sp³-hybridized carbons (Fsp3) is 0.0370. The Morgan fingerprint density at radius 1 is 1.00 bits per heavy atom. The summed E-state index contributed by atoms with van der Waals surface area (Å²) < 4.78 is 63.5. The number of nitrogen functional groups attached to an aromatic ring is 1. The van der Waals surface area contributed by atoms with Gasteiger partial charge in [-0.25, -0.2) is 14.1 Å². The molecule has 0 aliphatic carbocycles. The van der Waals surface area contributed by atoms with Crippen LogP contribution in [-0.4, -0.2) is 30.4 Å². The Morgan fingerprint density at radius 2 is 1.82 bits per heavy atom. The van der Waals surface area contributed by atoms with Gasteiger partial charge in [0.25, 0.3) is 5.91 Å². The van der Waals surface area contributed by atoms with Gasteiger partial charge >= 0.3 is 6.18 Å². The molecule has 0 aliphatic rings. The molecule has 0 saturated heterocycles. The molecular formula is C27H17F4N7O2. The van der Waals surface area contributed by atoms with E-state index < -0.39 is 29.3 Å². The van der Waals surface area contributed by atoms with Crippen LogP contribution in [0.2, 0.25) is 0 Å². The van der Waals surface area contributed by atoms with Crippen LogP contribution in [-0.2, 0) is 6.18 Å². The standard InChI is InChI=1S/C27H17F4N7O2/c28-20-11-15(5-7-17(20)18-3-1-2-4-21(18)37-10-9-33-14-37)34-26(39)22-13-24(27(29,30)31)35-38(22)16-6-8-23-19(12-16)25(32)36-40-23/h1-14H,(H2,32,36)(H,34,39). The number of nitrogens with one attached hydrogen (secondary N) is 1. The van der Waals surface area contributed by atoms with Gasteiger partial charge in [-0.05, 0) is 42.5 Å². The molecule has 0 aliphatic heterocycles. The number of hydrogen-bond acceptors (Lipinski definition) is 6.